The van der Waals surface area contributed by atoms with Crippen LogP contribution in [0.15, 0.2) is 30.3 Å². The predicted octanol–water partition coefficient (Wildman–Crippen LogP) is 2.54. The van der Waals surface area contributed by atoms with E-state index in [-0.39, 0.29) is 18.2 Å². The van der Waals surface area contributed by atoms with Crippen molar-refractivity contribution >= 4 is 6.03 Å². The molecule has 2 rings (SSSR count). The van der Waals surface area contributed by atoms with Crippen LogP contribution in [-0.2, 0) is 11.3 Å². The summed E-state index contributed by atoms with van der Waals surface area (Å²) in [6.07, 6.45) is 1.99. The van der Waals surface area contributed by atoms with Crippen molar-refractivity contribution in [1.29, 1.82) is 0 Å². The van der Waals surface area contributed by atoms with Gasteiger partial charge in [0.1, 0.15) is 0 Å². The molecule has 0 bridgehead atoms. The number of urea groups is 1. The number of amides is 2. The fraction of sp³-hybridized carbons (Fsp3) is 0.611. The van der Waals surface area contributed by atoms with E-state index in [0.29, 0.717) is 13.1 Å². The Morgan fingerprint density at radius 3 is 2.65 bits per heavy atom. The lowest BCUT2D eigenvalue weighted by molar-refractivity contribution is 0.0190. The molecule has 23 heavy (non-hydrogen) atoms. The average Bonchev–Trinajstić information content (AvgIpc) is 2.91. The standard InChI is InChI=1S/C18H28N2O3/c1-17(2,22)14-20(12-15-8-5-4-6-9-15)16(21)19-13-18(3)10-7-11-23-18/h4-6,8-9,22H,7,10-14H2,1-3H3,(H,19,21). The van der Waals surface area contributed by atoms with E-state index in [1.807, 2.05) is 37.3 Å². The van der Waals surface area contributed by atoms with E-state index in [1.54, 1.807) is 18.7 Å². The van der Waals surface area contributed by atoms with Gasteiger partial charge >= 0.3 is 6.03 Å². The Kier molecular flexibility index (Phi) is 5.65. The molecule has 0 aliphatic carbocycles. The van der Waals surface area contributed by atoms with Crippen molar-refractivity contribution in [2.45, 2.75) is 51.4 Å². The highest BCUT2D eigenvalue weighted by Gasteiger charge is 2.31. The summed E-state index contributed by atoms with van der Waals surface area (Å²) in [6.45, 7) is 7.42. The van der Waals surface area contributed by atoms with Gasteiger partial charge in [0.15, 0.2) is 0 Å². The molecule has 1 heterocycles. The van der Waals surface area contributed by atoms with Crippen LogP contribution in [0, 0.1) is 0 Å². The number of carbonyl (C=O) groups is 1. The van der Waals surface area contributed by atoms with Gasteiger partial charge in [-0.25, -0.2) is 4.79 Å². The van der Waals surface area contributed by atoms with E-state index in [1.165, 1.54) is 0 Å². The third-order valence-electron chi connectivity index (χ3n) is 4.00. The maximum atomic E-state index is 12.6. The molecule has 1 saturated heterocycles. The Labute approximate surface area is 138 Å². The number of carbonyl (C=O) groups excluding carboxylic acids is 1. The summed E-state index contributed by atoms with van der Waals surface area (Å²) >= 11 is 0. The highest BCUT2D eigenvalue weighted by Crippen LogP contribution is 2.24. The SMILES string of the molecule is CC(C)(O)CN(Cc1ccccc1)C(=O)NCC1(C)CCCO1. The van der Waals surface area contributed by atoms with Gasteiger partial charge in [0, 0.05) is 19.7 Å². The Morgan fingerprint density at radius 2 is 2.09 bits per heavy atom. The van der Waals surface area contributed by atoms with E-state index in [2.05, 4.69) is 5.32 Å². The predicted molar refractivity (Wildman–Crippen MR) is 90.1 cm³/mol. The van der Waals surface area contributed by atoms with Crippen molar-refractivity contribution in [2.24, 2.45) is 0 Å². The average molecular weight is 320 g/mol. The van der Waals surface area contributed by atoms with Crippen LogP contribution < -0.4 is 5.32 Å². The number of hydrogen-bond acceptors (Lipinski definition) is 3. The van der Waals surface area contributed by atoms with Crippen LogP contribution in [-0.4, -0.2) is 46.9 Å². The summed E-state index contributed by atoms with van der Waals surface area (Å²) in [7, 11) is 0. The maximum Gasteiger partial charge on any atom is 0.317 e. The Morgan fingerprint density at radius 1 is 1.39 bits per heavy atom. The smallest absolute Gasteiger partial charge is 0.317 e. The van der Waals surface area contributed by atoms with Gasteiger partial charge in [-0.3, -0.25) is 0 Å². The number of ether oxygens (including phenoxy) is 1. The van der Waals surface area contributed by atoms with Gasteiger partial charge in [-0.05, 0) is 39.2 Å². The summed E-state index contributed by atoms with van der Waals surface area (Å²) < 4.78 is 5.71. The van der Waals surface area contributed by atoms with Gasteiger partial charge in [-0.2, -0.15) is 0 Å². The topological polar surface area (TPSA) is 61.8 Å². The van der Waals surface area contributed by atoms with Gasteiger partial charge in [0.2, 0.25) is 0 Å². The molecule has 1 fully saturated rings. The first-order valence-corrected chi connectivity index (χ1v) is 8.21. The van der Waals surface area contributed by atoms with Crippen LogP contribution in [0.5, 0.6) is 0 Å². The van der Waals surface area contributed by atoms with E-state index in [9.17, 15) is 9.90 Å². The molecular weight excluding hydrogens is 292 g/mol. The minimum absolute atomic E-state index is 0.173. The van der Waals surface area contributed by atoms with Crippen molar-refractivity contribution in [3.63, 3.8) is 0 Å². The normalized spacial score (nSPS) is 21.2. The van der Waals surface area contributed by atoms with E-state index in [0.717, 1.165) is 25.0 Å². The first-order chi connectivity index (χ1) is 10.8. The molecule has 2 N–H and O–H groups in total. The lowest BCUT2D eigenvalue weighted by Gasteiger charge is -2.31. The second-order valence-electron chi connectivity index (χ2n) is 7.21. The molecule has 1 aromatic rings. The van der Waals surface area contributed by atoms with Gasteiger partial charge in [-0.1, -0.05) is 30.3 Å². The van der Waals surface area contributed by atoms with Crippen LogP contribution in [0.2, 0.25) is 0 Å². The van der Waals surface area contributed by atoms with Crippen molar-refractivity contribution in [3.8, 4) is 0 Å². The molecule has 1 aliphatic heterocycles. The zero-order chi connectivity index (χ0) is 16.9. The quantitative estimate of drug-likeness (QED) is 0.847. The minimum atomic E-state index is -0.945. The third-order valence-corrected chi connectivity index (χ3v) is 4.00. The summed E-state index contributed by atoms with van der Waals surface area (Å²) in [5.74, 6) is 0. The Hall–Kier alpha value is -1.59. The molecule has 1 aliphatic rings. The van der Waals surface area contributed by atoms with Crippen LogP contribution in [0.25, 0.3) is 0 Å². The fourth-order valence-corrected chi connectivity index (χ4v) is 2.82. The van der Waals surface area contributed by atoms with Gasteiger partial charge in [-0.15, -0.1) is 0 Å². The second kappa shape index (κ2) is 7.32. The molecule has 128 valence electrons. The van der Waals surface area contributed by atoms with Gasteiger partial charge in [0.05, 0.1) is 17.7 Å². The zero-order valence-electron chi connectivity index (χ0n) is 14.3. The number of benzene rings is 1. The van der Waals surface area contributed by atoms with E-state index < -0.39 is 5.60 Å². The fourth-order valence-electron chi connectivity index (χ4n) is 2.82. The number of nitrogens with one attached hydrogen (secondary N) is 1. The zero-order valence-corrected chi connectivity index (χ0v) is 14.3. The van der Waals surface area contributed by atoms with Crippen molar-refractivity contribution < 1.29 is 14.6 Å². The highest BCUT2D eigenvalue weighted by atomic mass is 16.5. The van der Waals surface area contributed by atoms with Crippen LogP contribution in [0.1, 0.15) is 39.2 Å². The Bertz CT molecular complexity index is 505. The van der Waals surface area contributed by atoms with Crippen molar-refractivity contribution in [1.82, 2.24) is 10.2 Å². The summed E-state index contributed by atoms with van der Waals surface area (Å²) in [4.78, 5) is 14.2. The summed E-state index contributed by atoms with van der Waals surface area (Å²) in [6, 6.07) is 9.62. The third kappa shape index (κ3) is 5.84. The number of aliphatic hydroxyl groups is 1. The van der Waals surface area contributed by atoms with Crippen LogP contribution in [0.3, 0.4) is 0 Å². The lowest BCUT2D eigenvalue weighted by atomic mass is 10.0. The molecular formula is C18H28N2O3. The molecule has 2 amide bonds. The maximum absolute atomic E-state index is 12.6. The largest absolute Gasteiger partial charge is 0.389 e. The van der Waals surface area contributed by atoms with E-state index in [4.69, 9.17) is 4.74 Å². The molecule has 0 saturated carbocycles. The first-order valence-electron chi connectivity index (χ1n) is 8.21. The molecule has 5 heteroatoms. The summed E-state index contributed by atoms with van der Waals surface area (Å²) in [5, 5.41) is 13.1. The highest BCUT2D eigenvalue weighted by molar-refractivity contribution is 5.74. The Balaban J connectivity index is 1.99. The number of hydrogen-bond donors (Lipinski definition) is 2. The number of rotatable bonds is 6. The van der Waals surface area contributed by atoms with Crippen molar-refractivity contribution in [2.75, 3.05) is 19.7 Å². The molecule has 0 radical (unpaired) electrons. The molecule has 1 unspecified atom stereocenters. The van der Waals surface area contributed by atoms with Gasteiger partial charge < -0.3 is 20.1 Å². The second-order valence-corrected chi connectivity index (χ2v) is 7.21. The molecule has 0 spiro atoms. The number of nitrogens with zero attached hydrogens (tertiary/aromatic N) is 1. The van der Waals surface area contributed by atoms with E-state index >= 15 is 0 Å². The minimum Gasteiger partial charge on any atom is -0.389 e. The van der Waals surface area contributed by atoms with Crippen LogP contribution in [0.4, 0.5) is 4.79 Å². The monoisotopic (exact) mass is 320 g/mol. The lowest BCUT2D eigenvalue weighted by Crippen LogP contribution is -2.49. The molecule has 5 nitrogen and oxygen atoms in total. The first kappa shape index (κ1) is 17.8. The van der Waals surface area contributed by atoms with Crippen molar-refractivity contribution in [3.05, 3.63) is 35.9 Å². The van der Waals surface area contributed by atoms with Crippen LogP contribution >= 0.6 is 0 Å². The molecule has 1 atom stereocenters. The van der Waals surface area contributed by atoms with Gasteiger partial charge in [0.25, 0.3) is 0 Å². The molecule has 0 aromatic heterocycles. The molecule has 1 aromatic carbocycles. The summed E-state index contributed by atoms with van der Waals surface area (Å²) in [5.41, 5.74) is -0.182.